The van der Waals surface area contributed by atoms with E-state index in [0.717, 1.165) is 36.3 Å². The quantitative estimate of drug-likeness (QED) is 0.670. The van der Waals surface area contributed by atoms with Crippen LogP contribution in [0.25, 0.3) is 10.2 Å². The maximum Gasteiger partial charge on any atom is 0.273 e. The molecule has 1 atom stereocenters. The molecule has 1 aliphatic heterocycles. The highest BCUT2D eigenvalue weighted by atomic mass is 32.1. The third-order valence-corrected chi connectivity index (χ3v) is 6.54. The molecule has 1 amide bonds. The minimum atomic E-state index is -0.213. The molecule has 0 spiro atoms. The summed E-state index contributed by atoms with van der Waals surface area (Å²) < 4.78 is 2.04. The molecule has 8 nitrogen and oxygen atoms in total. The van der Waals surface area contributed by atoms with Gasteiger partial charge in [-0.2, -0.15) is 5.26 Å². The van der Waals surface area contributed by atoms with Crippen molar-refractivity contribution in [3.63, 3.8) is 0 Å². The van der Waals surface area contributed by atoms with Crippen molar-refractivity contribution in [3.05, 3.63) is 56.7 Å². The number of piperidine rings is 1. The number of fused-ring (bicyclic) bond motifs is 1. The number of rotatable bonds is 4. The summed E-state index contributed by atoms with van der Waals surface area (Å²) in [6.07, 6.45) is 1.85. The van der Waals surface area contributed by atoms with Crippen LogP contribution in [0.15, 0.2) is 35.1 Å². The molecule has 1 aromatic carbocycles. The molecule has 0 aliphatic carbocycles. The fraction of sp³-hybridized carbons (Fsp3) is 0.364. The number of hydrogen-bond donors (Lipinski definition) is 1. The smallest absolute Gasteiger partial charge is 0.273 e. The monoisotopic (exact) mass is 436 g/mol. The Morgan fingerprint density at radius 2 is 2.16 bits per heavy atom. The summed E-state index contributed by atoms with van der Waals surface area (Å²) in [6.45, 7) is 1.58. The Balaban J connectivity index is 1.89. The number of nitrogens with zero attached hydrogens (tertiary/aromatic N) is 5. The number of carbonyl (C=O) groups is 1. The minimum Gasteiger partial charge on any atom is -0.344 e. The number of aromatic nitrogens is 2. The van der Waals surface area contributed by atoms with Crippen molar-refractivity contribution >= 4 is 33.4 Å². The van der Waals surface area contributed by atoms with Crippen molar-refractivity contribution in [2.24, 2.45) is 5.73 Å². The largest absolute Gasteiger partial charge is 0.344 e. The van der Waals surface area contributed by atoms with E-state index in [1.54, 1.807) is 36.9 Å². The first kappa shape index (κ1) is 21.0. The zero-order valence-corrected chi connectivity index (χ0v) is 18.4. The number of nitrogens with two attached hydrogens (primary N) is 1. The van der Waals surface area contributed by atoms with Crippen molar-refractivity contribution in [1.29, 1.82) is 5.26 Å². The molecular weight excluding hydrogens is 412 g/mol. The number of hydrogen-bond acceptors (Lipinski definition) is 7. The fourth-order valence-electron chi connectivity index (χ4n) is 3.84. The van der Waals surface area contributed by atoms with Crippen LogP contribution in [0, 0.1) is 11.3 Å². The molecule has 31 heavy (non-hydrogen) atoms. The zero-order chi connectivity index (χ0) is 22.1. The lowest BCUT2D eigenvalue weighted by atomic mass is 10.1. The van der Waals surface area contributed by atoms with Crippen LogP contribution in [0.3, 0.4) is 0 Å². The lowest BCUT2D eigenvalue weighted by Crippen LogP contribution is -2.45. The van der Waals surface area contributed by atoms with Crippen LogP contribution in [0.4, 0.5) is 5.95 Å². The normalized spacial score (nSPS) is 16.3. The Morgan fingerprint density at radius 3 is 2.87 bits per heavy atom. The maximum absolute atomic E-state index is 13.6. The lowest BCUT2D eigenvalue weighted by Gasteiger charge is -2.33. The summed E-state index contributed by atoms with van der Waals surface area (Å²) in [4.78, 5) is 34.8. The molecule has 2 aromatic heterocycles. The average molecular weight is 437 g/mol. The van der Waals surface area contributed by atoms with E-state index < -0.39 is 0 Å². The number of anilines is 1. The van der Waals surface area contributed by atoms with Gasteiger partial charge in [-0.1, -0.05) is 18.2 Å². The Hall–Kier alpha value is -3.22. The van der Waals surface area contributed by atoms with Crippen molar-refractivity contribution < 1.29 is 4.79 Å². The van der Waals surface area contributed by atoms with Crippen molar-refractivity contribution in [1.82, 2.24) is 14.5 Å². The van der Waals surface area contributed by atoms with E-state index in [4.69, 9.17) is 10.7 Å². The molecule has 0 saturated carbocycles. The Labute approximate surface area is 184 Å². The predicted octanol–water partition coefficient (Wildman–Crippen LogP) is 2.01. The second-order valence-electron chi connectivity index (χ2n) is 7.94. The predicted molar refractivity (Wildman–Crippen MR) is 122 cm³/mol. The molecule has 160 valence electrons. The van der Waals surface area contributed by atoms with Crippen molar-refractivity contribution in [3.8, 4) is 6.07 Å². The van der Waals surface area contributed by atoms with Crippen LogP contribution in [0.5, 0.6) is 0 Å². The average Bonchev–Trinajstić information content (AvgIpc) is 3.19. The highest BCUT2D eigenvalue weighted by Crippen LogP contribution is 2.26. The number of nitriles is 1. The van der Waals surface area contributed by atoms with E-state index in [2.05, 4.69) is 6.07 Å². The second kappa shape index (κ2) is 8.49. The highest BCUT2D eigenvalue weighted by molar-refractivity contribution is 7.20. The van der Waals surface area contributed by atoms with Gasteiger partial charge >= 0.3 is 0 Å². The summed E-state index contributed by atoms with van der Waals surface area (Å²) in [5, 5.41) is 9.49. The molecule has 3 heterocycles. The molecule has 3 aromatic rings. The van der Waals surface area contributed by atoms with Crippen molar-refractivity contribution in [2.45, 2.75) is 25.4 Å². The Morgan fingerprint density at radius 1 is 1.39 bits per heavy atom. The summed E-state index contributed by atoms with van der Waals surface area (Å²) in [7, 11) is 3.36. The first-order valence-corrected chi connectivity index (χ1v) is 10.9. The van der Waals surface area contributed by atoms with E-state index >= 15 is 0 Å². The number of thiophene rings is 1. The molecule has 0 bridgehead atoms. The zero-order valence-electron chi connectivity index (χ0n) is 17.5. The first-order valence-electron chi connectivity index (χ1n) is 10.1. The van der Waals surface area contributed by atoms with E-state index in [1.165, 1.54) is 4.90 Å². The van der Waals surface area contributed by atoms with Crippen LogP contribution in [0.1, 0.15) is 33.6 Å². The van der Waals surface area contributed by atoms with Gasteiger partial charge in [0.2, 0.25) is 5.95 Å². The lowest BCUT2D eigenvalue weighted by molar-refractivity contribution is 0.0832. The van der Waals surface area contributed by atoms with Crippen LogP contribution in [-0.2, 0) is 6.54 Å². The molecule has 1 saturated heterocycles. The molecule has 1 unspecified atom stereocenters. The highest BCUT2D eigenvalue weighted by Gasteiger charge is 2.25. The number of benzene rings is 1. The first-order chi connectivity index (χ1) is 14.9. The third kappa shape index (κ3) is 4.04. The second-order valence-corrected chi connectivity index (χ2v) is 9.00. The standard InChI is InChI=1S/C22H24N6O2S/c1-26(2)20(29)18-10-17-19(31-18)21(30)28(12-15-7-4-3-6-14(15)11-23)22(25-17)27-9-5-8-16(24)13-27/h3-4,6-7,10,16H,5,8-9,12-13,24H2,1-2H3. The molecule has 9 heteroatoms. The molecule has 0 radical (unpaired) electrons. The molecule has 1 aliphatic rings. The number of amides is 1. The van der Waals surface area contributed by atoms with Gasteiger partial charge in [0, 0.05) is 33.2 Å². The van der Waals surface area contributed by atoms with Gasteiger partial charge in [0.15, 0.2) is 0 Å². The summed E-state index contributed by atoms with van der Waals surface area (Å²) in [5.41, 5.74) is 7.76. The number of carbonyl (C=O) groups excluding carboxylic acids is 1. The van der Waals surface area contributed by atoms with Gasteiger partial charge in [-0.05, 0) is 30.5 Å². The molecular formula is C22H24N6O2S. The molecule has 1 fully saturated rings. The van der Waals surface area contributed by atoms with Crippen molar-refractivity contribution in [2.75, 3.05) is 32.1 Å². The van der Waals surface area contributed by atoms with Crippen LogP contribution < -0.4 is 16.2 Å². The molecule has 2 N–H and O–H groups in total. The van der Waals surface area contributed by atoms with Gasteiger partial charge in [0.1, 0.15) is 4.70 Å². The van der Waals surface area contributed by atoms with Gasteiger partial charge in [-0.15, -0.1) is 11.3 Å². The van der Waals surface area contributed by atoms with Gasteiger partial charge in [-0.25, -0.2) is 4.98 Å². The Bertz CT molecular complexity index is 1240. The topological polar surface area (TPSA) is 108 Å². The van der Waals surface area contributed by atoms with E-state index in [1.807, 2.05) is 17.0 Å². The summed E-state index contributed by atoms with van der Waals surface area (Å²) in [5.74, 6) is 0.368. The van der Waals surface area contributed by atoms with E-state index in [0.29, 0.717) is 33.2 Å². The van der Waals surface area contributed by atoms with Gasteiger partial charge < -0.3 is 15.5 Å². The minimum absolute atomic E-state index is 0.00884. The van der Waals surface area contributed by atoms with Gasteiger partial charge in [0.05, 0.1) is 28.6 Å². The summed E-state index contributed by atoms with van der Waals surface area (Å²) in [6, 6.07) is 11.1. The van der Waals surface area contributed by atoms with Crippen LogP contribution in [0.2, 0.25) is 0 Å². The third-order valence-electron chi connectivity index (χ3n) is 5.44. The van der Waals surface area contributed by atoms with Crippen LogP contribution >= 0.6 is 11.3 Å². The van der Waals surface area contributed by atoms with E-state index in [9.17, 15) is 14.9 Å². The van der Waals surface area contributed by atoms with Gasteiger partial charge in [0.25, 0.3) is 11.5 Å². The Kier molecular flexibility index (Phi) is 5.76. The fourth-order valence-corrected chi connectivity index (χ4v) is 4.91. The SMILES string of the molecule is CN(C)C(=O)c1cc2nc(N3CCCC(N)C3)n(Cc3ccccc3C#N)c(=O)c2s1. The maximum atomic E-state index is 13.6. The molecule has 4 rings (SSSR count). The van der Waals surface area contributed by atoms with Crippen LogP contribution in [-0.4, -0.2) is 53.6 Å². The van der Waals surface area contributed by atoms with E-state index in [-0.39, 0.29) is 24.1 Å². The summed E-state index contributed by atoms with van der Waals surface area (Å²) >= 11 is 1.16. The van der Waals surface area contributed by atoms with Gasteiger partial charge in [-0.3, -0.25) is 14.2 Å².